The summed E-state index contributed by atoms with van der Waals surface area (Å²) in [6, 6.07) is 16.2. The number of hydrogen-bond donors (Lipinski definition) is 1. The minimum absolute atomic E-state index is 0.115. The minimum Gasteiger partial charge on any atom is -0.340 e. The summed E-state index contributed by atoms with van der Waals surface area (Å²) in [7, 11) is 0. The van der Waals surface area contributed by atoms with E-state index in [1.54, 1.807) is 0 Å². The fraction of sp³-hybridized carbons (Fsp3) is 0.130. The van der Waals surface area contributed by atoms with Crippen LogP contribution in [0.1, 0.15) is 16.8 Å². The molecule has 140 valence electrons. The second-order valence-electron chi connectivity index (χ2n) is 6.73. The van der Waals surface area contributed by atoms with Gasteiger partial charge in [0.05, 0.1) is 10.6 Å². The number of carbonyl (C=O) groups excluding carboxylic acids is 1. The van der Waals surface area contributed by atoms with Gasteiger partial charge in [0.2, 0.25) is 0 Å². The fourth-order valence-corrected chi connectivity index (χ4v) is 4.18. The van der Waals surface area contributed by atoms with Gasteiger partial charge in [0.15, 0.2) is 5.17 Å². The zero-order valence-corrected chi connectivity index (χ0v) is 16.7. The highest BCUT2D eigenvalue weighted by Crippen LogP contribution is 2.33. The van der Waals surface area contributed by atoms with Gasteiger partial charge < -0.3 is 9.88 Å². The van der Waals surface area contributed by atoms with Crippen molar-refractivity contribution in [3.05, 3.63) is 82.9 Å². The predicted octanol–water partition coefficient (Wildman–Crippen LogP) is 5.34. The normalized spacial score (nSPS) is 16.9. The summed E-state index contributed by atoms with van der Waals surface area (Å²) in [6.45, 7) is 8.71. The molecule has 1 amide bonds. The maximum atomic E-state index is 12.5. The van der Waals surface area contributed by atoms with E-state index in [1.807, 2.05) is 55.5 Å². The van der Waals surface area contributed by atoms with E-state index >= 15 is 0 Å². The summed E-state index contributed by atoms with van der Waals surface area (Å²) in [6.07, 6.45) is 3.86. The molecule has 5 heteroatoms. The summed E-state index contributed by atoms with van der Waals surface area (Å²) >= 11 is 1.37. The maximum Gasteiger partial charge on any atom is 0.264 e. The van der Waals surface area contributed by atoms with Gasteiger partial charge >= 0.3 is 0 Å². The maximum absolute atomic E-state index is 12.5. The third kappa shape index (κ3) is 3.41. The highest BCUT2D eigenvalue weighted by atomic mass is 32.2. The molecule has 0 spiro atoms. The summed E-state index contributed by atoms with van der Waals surface area (Å²) < 4.78 is 2.22. The molecule has 0 aliphatic carbocycles. The number of carbonyl (C=O) groups is 1. The zero-order valence-electron chi connectivity index (χ0n) is 15.9. The van der Waals surface area contributed by atoms with Crippen LogP contribution in [0.3, 0.4) is 0 Å². The number of nitrogens with zero attached hydrogens (tertiary/aromatic N) is 2. The lowest BCUT2D eigenvalue weighted by molar-refractivity contribution is -0.115. The third-order valence-corrected chi connectivity index (χ3v) is 5.69. The van der Waals surface area contributed by atoms with Gasteiger partial charge in [-0.3, -0.25) is 4.79 Å². The predicted molar refractivity (Wildman–Crippen MR) is 119 cm³/mol. The van der Waals surface area contributed by atoms with Crippen molar-refractivity contribution in [1.82, 2.24) is 9.88 Å². The highest BCUT2D eigenvalue weighted by molar-refractivity contribution is 8.18. The molecule has 4 nitrogen and oxygen atoms in total. The molecule has 4 rings (SSSR count). The lowest BCUT2D eigenvalue weighted by Gasteiger charge is -2.04. The van der Waals surface area contributed by atoms with Crippen LogP contribution in [0.4, 0.5) is 5.69 Å². The van der Waals surface area contributed by atoms with Crippen molar-refractivity contribution in [2.24, 2.45) is 4.99 Å². The standard InChI is InChI=1S/C23H21N3OS/c1-4-13-26-16(3)19(18-7-5-6-8-20(18)26)14-21-22(27)25-23(28-21)24-17-11-9-15(2)10-12-17/h4-12,14H,1,13H2,2-3H3,(H,24,25,27). The van der Waals surface area contributed by atoms with E-state index in [4.69, 9.17) is 0 Å². The van der Waals surface area contributed by atoms with Gasteiger partial charge in [0, 0.05) is 28.7 Å². The number of thioether (sulfide) groups is 1. The number of allylic oxidation sites excluding steroid dienone is 1. The van der Waals surface area contributed by atoms with Crippen LogP contribution in [-0.4, -0.2) is 15.6 Å². The van der Waals surface area contributed by atoms with E-state index in [2.05, 4.69) is 40.5 Å². The number of aromatic nitrogens is 1. The first-order valence-corrected chi connectivity index (χ1v) is 9.93. The Kier molecular flexibility index (Phi) is 4.92. The van der Waals surface area contributed by atoms with Gasteiger partial charge in [-0.25, -0.2) is 4.99 Å². The lowest BCUT2D eigenvalue weighted by atomic mass is 10.1. The second kappa shape index (κ2) is 7.52. The number of fused-ring (bicyclic) bond motifs is 1. The van der Waals surface area contributed by atoms with Crippen molar-refractivity contribution in [3.63, 3.8) is 0 Å². The summed E-state index contributed by atoms with van der Waals surface area (Å²) in [5.74, 6) is -0.115. The molecular weight excluding hydrogens is 366 g/mol. The van der Waals surface area contributed by atoms with E-state index in [9.17, 15) is 4.79 Å². The molecule has 1 saturated heterocycles. The SMILES string of the molecule is C=CCn1c(C)c(C=C2SC(=Nc3ccc(C)cc3)NC2=O)c2ccccc21. The Morgan fingerprint density at radius 3 is 2.64 bits per heavy atom. The highest BCUT2D eigenvalue weighted by Gasteiger charge is 2.25. The molecule has 0 saturated carbocycles. The molecular formula is C23H21N3OS. The number of hydrogen-bond acceptors (Lipinski definition) is 3. The summed E-state index contributed by atoms with van der Waals surface area (Å²) in [5, 5.41) is 4.60. The first-order valence-electron chi connectivity index (χ1n) is 9.12. The van der Waals surface area contributed by atoms with Crippen molar-refractivity contribution in [2.45, 2.75) is 20.4 Å². The van der Waals surface area contributed by atoms with Crippen LogP contribution >= 0.6 is 11.8 Å². The Balaban J connectivity index is 1.72. The molecule has 1 aliphatic heterocycles. The average Bonchev–Trinajstić information content (AvgIpc) is 3.16. The number of amides is 1. The van der Waals surface area contributed by atoms with Gasteiger partial charge in [-0.1, -0.05) is 42.0 Å². The molecule has 0 radical (unpaired) electrons. The molecule has 2 heterocycles. The van der Waals surface area contributed by atoms with Crippen LogP contribution in [0, 0.1) is 13.8 Å². The van der Waals surface area contributed by atoms with E-state index in [1.165, 1.54) is 17.3 Å². The van der Waals surface area contributed by atoms with Crippen LogP contribution in [0.25, 0.3) is 17.0 Å². The summed E-state index contributed by atoms with van der Waals surface area (Å²) in [4.78, 5) is 17.7. The third-order valence-electron chi connectivity index (χ3n) is 4.78. The number of benzene rings is 2. The number of rotatable bonds is 4. The van der Waals surface area contributed by atoms with E-state index < -0.39 is 0 Å². The molecule has 28 heavy (non-hydrogen) atoms. The van der Waals surface area contributed by atoms with Gasteiger partial charge in [-0.05, 0) is 49.9 Å². The molecule has 0 bridgehead atoms. The molecule has 3 aromatic rings. The Morgan fingerprint density at radius 2 is 1.89 bits per heavy atom. The smallest absolute Gasteiger partial charge is 0.264 e. The van der Waals surface area contributed by atoms with Crippen molar-refractivity contribution in [1.29, 1.82) is 0 Å². The van der Waals surface area contributed by atoms with Crippen LogP contribution in [-0.2, 0) is 11.3 Å². The summed E-state index contributed by atoms with van der Waals surface area (Å²) in [5.41, 5.74) is 5.33. The van der Waals surface area contributed by atoms with Crippen molar-refractivity contribution in [3.8, 4) is 0 Å². The van der Waals surface area contributed by atoms with Gasteiger partial charge in [-0.2, -0.15) is 0 Å². The monoisotopic (exact) mass is 387 g/mol. The number of para-hydroxylation sites is 1. The largest absolute Gasteiger partial charge is 0.340 e. The van der Waals surface area contributed by atoms with Crippen LogP contribution < -0.4 is 5.32 Å². The first kappa shape index (κ1) is 18.3. The number of nitrogens with one attached hydrogen (secondary N) is 1. The van der Waals surface area contributed by atoms with Gasteiger partial charge in [-0.15, -0.1) is 6.58 Å². The number of aliphatic imine (C=N–C) groups is 1. The Hall–Kier alpha value is -3.05. The molecule has 1 aromatic heterocycles. The molecule has 0 atom stereocenters. The van der Waals surface area contributed by atoms with E-state index in [-0.39, 0.29) is 5.91 Å². The molecule has 0 unspecified atom stereocenters. The van der Waals surface area contributed by atoms with E-state index in [0.29, 0.717) is 10.1 Å². The second-order valence-corrected chi connectivity index (χ2v) is 7.76. The van der Waals surface area contributed by atoms with Gasteiger partial charge in [0.25, 0.3) is 5.91 Å². The minimum atomic E-state index is -0.115. The molecule has 1 aliphatic rings. The lowest BCUT2D eigenvalue weighted by Crippen LogP contribution is -2.19. The van der Waals surface area contributed by atoms with E-state index in [0.717, 1.165) is 34.4 Å². The first-order chi connectivity index (χ1) is 13.6. The number of aryl methyl sites for hydroxylation is 1. The topological polar surface area (TPSA) is 46.4 Å². The molecule has 1 fully saturated rings. The average molecular weight is 388 g/mol. The quantitative estimate of drug-likeness (QED) is 0.485. The Morgan fingerprint density at radius 1 is 1.14 bits per heavy atom. The van der Waals surface area contributed by atoms with Crippen molar-refractivity contribution >= 4 is 45.5 Å². The van der Waals surface area contributed by atoms with Gasteiger partial charge in [0.1, 0.15) is 0 Å². The van der Waals surface area contributed by atoms with Crippen LogP contribution in [0.2, 0.25) is 0 Å². The fourth-order valence-electron chi connectivity index (χ4n) is 3.35. The molecule has 1 N–H and O–H groups in total. The Labute approximate surface area is 168 Å². The van der Waals surface area contributed by atoms with Crippen LogP contribution in [0.15, 0.2) is 71.1 Å². The molecule has 2 aromatic carbocycles. The van der Waals surface area contributed by atoms with Crippen molar-refractivity contribution in [2.75, 3.05) is 0 Å². The number of amidine groups is 1. The van der Waals surface area contributed by atoms with Crippen molar-refractivity contribution < 1.29 is 4.79 Å². The zero-order chi connectivity index (χ0) is 19.7. The van der Waals surface area contributed by atoms with Crippen LogP contribution in [0.5, 0.6) is 0 Å². The Bertz CT molecular complexity index is 1140.